The van der Waals surface area contributed by atoms with Crippen LogP contribution in [-0.2, 0) is 0 Å². The van der Waals surface area contributed by atoms with Gasteiger partial charge in [0.25, 0.3) is 0 Å². The van der Waals surface area contributed by atoms with Crippen LogP contribution in [0.25, 0.3) is 21.9 Å². The molecule has 0 aliphatic rings. The van der Waals surface area contributed by atoms with Gasteiger partial charge in [-0.3, -0.25) is 0 Å². The molecule has 1 heteroatoms. The molecule has 3 aromatic rings. The first-order valence-corrected chi connectivity index (χ1v) is 7.51. The molecule has 0 spiro atoms. The third-order valence-electron chi connectivity index (χ3n) is 4.28. The smallest absolute Gasteiger partial charge is 0.123 e. The average Bonchev–Trinajstić information content (AvgIpc) is 2.54. The predicted molar refractivity (Wildman–Crippen MR) is 89.8 cm³/mol. The van der Waals surface area contributed by atoms with E-state index in [1.165, 1.54) is 16.3 Å². The van der Waals surface area contributed by atoms with Crippen LogP contribution in [0.1, 0.15) is 31.7 Å². The highest BCUT2D eigenvalue weighted by molar-refractivity contribution is 5.97. The highest BCUT2D eigenvalue weighted by atomic mass is 16.3. The molecule has 1 N–H and O–H groups in total. The minimum Gasteiger partial charge on any atom is -0.507 e. The van der Waals surface area contributed by atoms with E-state index in [4.69, 9.17) is 0 Å². The van der Waals surface area contributed by atoms with Gasteiger partial charge in [0.1, 0.15) is 5.75 Å². The molecule has 0 aliphatic carbocycles. The molecule has 0 aliphatic heterocycles. The summed E-state index contributed by atoms with van der Waals surface area (Å²) in [5.41, 5.74) is 3.29. The second-order valence-corrected chi connectivity index (χ2v) is 5.61. The molecule has 0 saturated carbocycles. The molecule has 21 heavy (non-hydrogen) atoms. The second kappa shape index (κ2) is 5.61. The van der Waals surface area contributed by atoms with Gasteiger partial charge in [-0.05, 0) is 46.4 Å². The van der Waals surface area contributed by atoms with Gasteiger partial charge in [-0.25, -0.2) is 0 Å². The molecule has 0 saturated heterocycles. The zero-order chi connectivity index (χ0) is 14.8. The molecule has 3 rings (SSSR count). The molecule has 0 aromatic heterocycles. The molecule has 0 bridgehead atoms. The van der Waals surface area contributed by atoms with Crippen molar-refractivity contribution >= 4 is 10.8 Å². The van der Waals surface area contributed by atoms with Crippen LogP contribution >= 0.6 is 0 Å². The number of rotatable bonds is 3. The third-order valence-corrected chi connectivity index (χ3v) is 4.28. The number of hydrogen-bond acceptors (Lipinski definition) is 1. The summed E-state index contributed by atoms with van der Waals surface area (Å²) in [5, 5.41) is 12.7. The Labute approximate surface area is 125 Å². The van der Waals surface area contributed by atoms with E-state index in [1.54, 1.807) is 0 Å². The standard InChI is InChI=1S/C20H20O/c1-3-14(2)16-11-12-20(21)19(13-16)18-10-6-8-15-7-4-5-9-17(15)18/h4-14,21H,3H2,1-2H3. The fraction of sp³-hybridized carbons (Fsp3) is 0.200. The lowest BCUT2D eigenvalue weighted by Crippen LogP contribution is -1.92. The average molecular weight is 276 g/mol. The van der Waals surface area contributed by atoms with Gasteiger partial charge < -0.3 is 5.11 Å². The van der Waals surface area contributed by atoms with Crippen LogP contribution in [0.2, 0.25) is 0 Å². The lowest BCUT2D eigenvalue weighted by atomic mass is 9.92. The maximum Gasteiger partial charge on any atom is 0.123 e. The third kappa shape index (κ3) is 2.52. The molecule has 0 fully saturated rings. The second-order valence-electron chi connectivity index (χ2n) is 5.61. The van der Waals surface area contributed by atoms with Crippen molar-refractivity contribution in [1.82, 2.24) is 0 Å². The Kier molecular flexibility index (Phi) is 3.66. The Bertz CT molecular complexity index is 768. The molecule has 106 valence electrons. The molecule has 1 atom stereocenters. The van der Waals surface area contributed by atoms with Gasteiger partial charge in [0.2, 0.25) is 0 Å². The Hall–Kier alpha value is -2.28. The minimum absolute atomic E-state index is 0.346. The van der Waals surface area contributed by atoms with Gasteiger partial charge in [-0.1, -0.05) is 62.4 Å². The Morgan fingerprint density at radius 3 is 2.48 bits per heavy atom. The molecule has 1 nitrogen and oxygen atoms in total. The number of hydrogen-bond donors (Lipinski definition) is 1. The molecule has 1 unspecified atom stereocenters. The lowest BCUT2D eigenvalue weighted by Gasteiger charge is -2.14. The highest BCUT2D eigenvalue weighted by Crippen LogP contribution is 2.36. The van der Waals surface area contributed by atoms with Crippen LogP contribution in [0.4, 0.5) is 0 Å². The summed E-state index contributed by atoms with van der Waals surface area (Å²) < 4.78 is 0. The highest BCUT2D eigenvalue weighted by Gasteiger charge is 2.11. The monoisotopic (exact) mass is 276 g/mol. The number of fused-ring (bicyclic) bond motifs is 1. The maximum absolute atomic E-state index is 10.3. The number of phenols is 1. The van der Waals surface area contributed by atoms with Crippen molar-refractivity contribution in [3.05, 3.63) is 66.2 Å². The summed E-state index contributed by atoms with van der Waals surface area (Å²) in [6.45, 7) is 4.41. The van der Waals surface area contributed by atoms with Crippen LogP contribution in [0.5, 0.6) is 5.75 Å². The Morgan fingerprint density at radius 2 is 1.67 bits per heavy atom. The molecule has 0 heterocycles. The Balaban J connectivity index is 2.23. The normalized spacial score (nSPS) is 12.5. The summed E-state index contributed by atoms with van der Waals surface area (Å²) in [7, 11) is 0. The fourth-order valence-electron chi connectivity index (χ4n) is 2.77. The Morgan fingerprint density at radius 1 is 0.905 bits per heavy atom. The predicted octanol–water partition coefficient (Wildman–Crippen LogP) is 5.73. The maximum atomic E-state index is 10.3. The lowest BCUT2D eigenvalue weighted by molar-refractivity contribution is 0.477. The van der Waals surface area contributed by atoms with Gasteiger partial charge in [0.05, 0.1) is 0 Å². The largest absolute Gasteiger partial charge is 0.507 e. The van der Waals surface area contributed by atoms with Gasteiger partial charge in [0.15, 0.2) is 0 Å². The molecular formula is C20H20O. The van der Waals surface area contributed by atoms with Crippen molar-refractivity contribution in [3.8, 4) is 16.9 Å². The van der Waals surface area contributed by atoms with Crippen molar-refractivity contribution in [2.45, 2.75) is 26.2 Å². The van der Waals surface area contributed by atoms with Crippen molar-refractivity contribution in [1.29, 1.82) is 0 Å². The van der Waals surface area contributed by atoms with Gasteiger partial charge >= 0.3 is 0 Å². The van der Waals surface area contributed by atoms with Crippen molar-refractivity contribution in [3.63, 3.8) is 0 Å². The van der Waals surface area contributed by atoms with Gasteiger partial charge in [0, 0.05) is 5.56 Å². The van der Waals surface area contributed by atoms with Crippen molar-refractivity contribution in [2.75, 3.05) is 0 Å². The number of aromatic hydroxyl groups is 1. The van der Waals surface area contributed by atoms with Crippen LogP contribution in [0.15, 0.2) is 60.7 Å². The van der Waals surface area contributed by atoms with Gasteiger partial charge in [-0.15, -0.1) is 0 Å². The van der Waals surface area contributed by atoms with E-state index in [-0.39, 0.29) is 0 Å². The topological polar surface area (TPSA) is 20.2 Å². The zero-order valence-electron chi connectivity index (χ0n) is 12.5. The first-order chi connectivity index (χ1) is 10.2. The number of phenolic OH excluding ortho intramolecular Hbond substituents is 1. The summed E-state index contributed by atoms with van der Waals surface area (Å²) in [5.74, 6) is 0.845. The summed E-state index contributed by atoms with van der Waals surface area (Å²) in [6, 6.07) is 20.5. The fourth-order valence-corrected chi connectivity index (χ4v) is 2.77. The van der Waals surface area contributed by atoms with Crippen LogP contribution in [0.3, 0.4) is 0 Å². The van der Waals surface area contributed by atoms with E-state index in [2.05, 4.69) is 44.2 Å². The first kappa shape index (κ1) is 13.7. The summed E-state index contributed by atoms with van der Waals surface area (Å²) >= 11 is 0. The minimum atomic E-state index is 0.346. The van der Waals surface area contributed by atoms with E-state index in [0.29, 0.717) is 11.7 Å². The molecule has 0 radical (unpaired) electrons. The van der Waals surface area contributed by atoms with E-state index in [9.17, 15) is 5.11 Å². The van der Waals surface area contributed by atoms with Crippen molar-refractivity contribution in [2.24, 2.45) is 0 Å². The SMILES string of the molecule is CCC(C)c1ccc(O)c(-c2cccc3ccccc23)c1. The van der Waals surface area contributed by atoms with E-state index in [1.807, 2.05) is 30.3 Å². The van der Waals surface area contributed by atoms with E-state index >= 15 is 0 Å². The van der Waals surface area contributed by atoms with Crippen LogP contribution in [0, 0.1) is 0 Å². The van der Waals surface area contributed by atoms with Crippen LogP contribution < -0.4 is 0 Å². The quantitative estimate of drug-likeness (QED) is 0.648. The first-order valence-electron chi connectivity index (χ1n) is 7.51. The number of benzene rings is 3. The van der Waals surface area contributed by atoms with Crippen molar-refractivity contribution < 1.29 is 5.11 Å². The summed E-state index contributed by atoms with van der Waals surface area (Å²) in [4.78, 5) is 0. The molecule has 3 aromatic carbocycles. The summed E-state index contributed by atoms with van der Waals surface area (Å²) in [6.07, 6.45) is 1.10. The van der Waals surface area contributed by atoms with Gasteiger partial charge in [-0.2, -0.15) is 0 Å². The zero-order valence-corrected chi connectivity index (χ0v) is 12.5. The van der Waals surface area contributed by atoms with Crippen LogP contribution in [-0.4, -0.2) is 5.11 Å². The molecule has 0 amide bonds. The van der Waals surface area contributed by atoms with E-state index in [0.717, 1.165) is 17.5 Å². The molecular weight excluding hydrogens is 256 g/mol. The van der Waals surface area contributed by atoms with E-state index < -0.39 is 0 Å².